The second-order valence-corrected chi connectivity index (χ2v) is 6.06. The first-order chi connectivity index (χ1) is 12.8. The van der Waals surface area contributed by atoms with Gasteiger partial charge < -0.3 is 14.4 Å². The zero-order valence-corrected chi connectivity index (χ0v) is 14.9. The number of hydrogen-bond donors (Lipinski definition) is 0. The van der Waals surface area contributed by atoms with Crippen molar-refractivity contribution < 1.29 is 14.3 Å². The van der Waals surface area contributed by atoms with Crippen molar-refractivity contribution in [2.75, 3.05) is 26.9 Å². The van der Waals surface area contributed by atoms with E-state index in [1.807, 2.05) is 72.8 Å². The van der Waals surface area contributed by atoms with E-state index >= 15 is 0 Å². The molecule has 0 aliphatic rings. The van der Waals surface area contributed by atoms with E-state index in [4.69, 9.17) is 9.47 Å². The number of rotatable bonds is 8. The van der Waals surface area contributed by atoms with E-state index in [0.717, 1.165) is 22.1 Å². The molecule has 0 heterocycles. The van der Waals surface area contributed by atoms with Gasteiger partial charge in [0.05, 0.1) is 6.61 Å². The molecule has 0 bridgehead atoms. The molecule has 0 radical (unpaired) electrons. The summed E-state index contributed by atoms with van der Waals surface area (Å²) in [5.74, 6) is 0.668. The van der Waals surface area contributed by atoms with E-state index in [1.54, 1.807) is 12.0 Å². The number of fused-ring (bicyclic) bond motifs is 1. The average molecular weight is 349 g/mol. The number of amides is 1. The summed E-state index contributed by atoms with van der Waals surface area (Å²) in [5, 5.41) is 2.10. The lowest BCUT2D eigenvalue weighted by Crippen LogP contribution is -2.36. The maximum atomic E-state index is 12.7. The normalized spacial score (nSPS) is 10.7. The SMILES string of the molecule is COCCN(Cc1ccccc1)C(=O)COc1cccc2ccccc12. The number of methoxy groups -OCH3 is 1. The Kier molecular flexibility index (Phi) is 6.23. The van der Waals surface area contributed by atoms with Crippen molar-refractivity contribution in [3.05, 3.63) is 78.4 Å². The van der Waals surface area contributed by atoms with Crippen molar-refractivity contribution in [1.82, 2.24) is 4.90 Å². The summed E-state index contributed by atoms with van der Waals surface area (Å²) in [6, 6.07) is 23.8. The minimum absolute atomic E-state index is 0.00452. The fourth-order valence-corrected chi connectivity index (χ4v) is 2.85. The topological polar surface area (TPSA) is 38.8 Å². The van der Waals surface area contributed by atoms with Crippen LogP contribution in [-0.2, 0) is 16.1 Å². The molecule has 0 fully saturated rings. The van der Waals surface area contributed by atoms with E-state index < -0.39 is 0 Å². The van der Waals surface area contributed by atoms with Crippen LogP contribution in [0.15, 0.2) is 72.8 Å². The van der Waals surface area contributed by atoms with Gasteiger partial charge in [-0.3, -0.25) is 4.79 Å². The Hall–Kier alpha value is -2.85. The first kappa shape index (κ1) is 18.0. The first-order valence-corrected chi connectivity index (χ1v) is 8.69. The smallest absolute Gasteiger partial charge is 0.260 e. The van der Waals surface area contributed by atoms with E-state index in [9.17, 15) is 4.79 Å². The maximum Gasteiger partial charge on any atom is 0.260 e. The zero-order chi connectivity index (χ0) is 18.2. The quantitative estimate of drug-likeness (QED) is 0.619. The lowest BCUT2D eigenvalue weighted by Gasteiger charge is -2.23. The molecule has 0 saturated heterocycles. The van der Waals surface area contributed by atoms with Crippen LogP contribution in [0.25, 0.3) is 10.8 Å². The van der Waals surface area contributed by atoms with Crippen molar-refractivity contribution in [3.63, 3.8) is 0 Å². The number of benzene rings is 3. The molecule has 134 valence electrons. The number of carbonyl (C=O) groups is 1. The van der Waals surface area contributed by atoms with Crippen molar-refractivity contribution in [3.8, 4) is 5.75 Å². The molecular weight excluding hydrogens is 326 g/mol. The largest absolute Gasteiger partial charge is 0.483 e. The molecule has 3 aromatic carbocycles. The molecule has 0 unspecified atom stereocenters. The fraction of sp³-hybridized carbons (Fsp3) is 0.227. The van der Waals surface area contributed by atoms with Crippen molar-refractivity contribution in [2.24, 2.45) is 0 Å². The highest BCUT2D eigenvalue weighted by Gasteiger charge is 2.15. The molecule has 4 heteroatoms. The summed E-state index contributed by atoms with van der Waals surface area (Å²) >= 11 is 0. The van der Waals surface area contributed by atoms with Gasteiger partial charge in [0.25, 0.3) is 5.91 Å². The second-order valence-electron chi connectivity index (χ2n) is 6.06. The lowest BCUT2D eigenvalue weighted by atomic mass is 10.1. The molecule has 0 aliphatic heterocycles. The summed E-state index contributed by atoms with van der Waals surface area (Å²) in [4.78, 5) is 14.5. The molecule has 1 amide bonds. The standard InChI is InChI=1S/C22H23NO3/c1-25-15-14-23(16-18-8-3-2-4-9-18)22(24)17-26-21-13-7-11-19-10-5-6-12-20(19)21/h2-13H,14-17H2,1H3. The third kappa shape index (κ3) is 4.61. The van der Waals surface area contributed by atoms with Gasteiger partial charge in [-0.15, -0.1) is 0 Å². The predicted molar refractivity (Wildman–Crippen MR) is 103 cm³/mol. The summed E-state index contributed by atoms with van der Waals surface area (Å²) in [7, 11) is 1.64. The van der Waals surface area contributed by atoms with Crippen molar-refractivity contribution in [2.45, 2.75) is 6.54 Å². The zero-order valence-electron chi connectivity index (χ0n) is 14.9. The van der Waals surface area contributed by atoms with E-state index in [2.05, 4.69) is 0 Å². The van der Waals surface area contributed by atoms with Crippen LogP contribution < -0.4 is 4.74 Å². The number of nitrogens with zero attached hydrogens (tertiary/aromatic N) is 1. The highest BCUT2D eigenvalue weighted by Crippen LogP contribution is 2.25. The minimum atomic E-state index is -0.0566. The van der Waals surface area contributed by atoms with Gasteiger partial charge in [-0.25, -0.2) is 0 Å². The third-order valence-electron chi connectivity index (χ3n) is 4.24. The van der Waals surface area contributed by atoms with E-state index in [1.165, 1.54) is 0 Å². The predicted octanol–water partition coefficient (Wildman–Crippen LogP) is 3.89. The van der Waals surface area contributed by atoms with Crippen LogP contribution in [0.2, 0.25) is 0 Å². The van der Waals surface area contributed by atoms with Gasteiger partial charge in [0.2, 0.25) is 0 Å². The first-order valence-electron chi connectivity index (χ1n) is 8.69. The maximum absolute atomic E-state index is 12.7. The molecule has 0 N–H and O–H groups in total. The van der Waals surface area contributed by atoms with Gasteiger partial charge in [0, 0.05) is 25.6 Å². The Morgan fingerprint density at radius 3 is 2.46 bits per heavy atom. The van der Waals surface area contributed by atoms with Crippen LogP contribution in [-0.4, -0.2) is 37.7 Å². The van der Waals surface area contributed by atoms with Crippen LogP contribution in [0, 0.1) is 0 Å². The Morgan fingerprint density at radius 1 is 0.923 bits per heavy atom. The lowest BCUT2D eigenvalue weighted by molar-refractivity contribution is -0.134. The summed E-state index contributed by atoms with van der Waals surface area (Å²) in [5.41, 5.74) is 1.09. The van der Waals surface area contributed by atoms with E-state index in [0.29, 0.717) is 19.7 Å². The minimum Gasteiger partial charge on any atom is -0.483 e. The second kappa shape index (κ2) is 9.02. The summed E-state index contributed by atoms with van der Waals surface area (Å²) < 4.78 is 11.0. The number of hydrogen-bond acceptors (Lipinski definition) is 3. The van der Waals surface area contributed by atoms with Gasteiger partial charge >= 0.3 is 0 Å². The Balaban J connectivity index is 1.68. The molecule has 3 rings (SSSR count). The van der Waals surface area contributed by atoms with Gasteiger partial charge in [0.1, 0.15) is 5.75 Å². The van der Waals surface area contributed by atoms with Gasteiger partial charge in [-0.2, -0.15) is 0 Å². The van der Waals surface area contributed by atoms with Gasteiger partial charge in [0.15, 0.2) is 6.61 Å². The molecule has 3 aromatic rings. The van der Waals surface area contributed by atoms with Crippen LogP contribution in [0.4, 0.5) is 0 Å². The van der Waals surface area contributed by atoms with Crippen molar-refractivity contribution >= 4 is 16.7 Å². The molecule has 0 atom stereocenters. The molecule has 0 aromatic heterocycles. The van der Waals surface area contributed by atoms with Gasteiger partial charge in [-0.1, -0.05) is 66.7 Å². The molecular formula is C22H23NO3. The number of ether oxygens (including phenoxy) is 2. The highest BCUT2D eigenvalue weighted by molar-refractivity contribution is 5.88. The number of carbonyl (C=O) groups excluding carboxylic acids is 1. The Bertz CT molecular complexity index is 843. The van der Waals surface area contributed by atoms with Crippen molar-refractivity contribution in [1.29, 1.82) is 0 Å². The van der Waals surface area contributed by atoms with E-state index in [-0.39, 0.29) is 12.5 Å². The van der Waals surface area contributed by atoms with Crippen LogP contribution >= 0.6 is 0 Å². The molecule has 0 aliphatic carbocycles. The van der Waals surface area contributed by atoms with Crippen LogP contribution in [0.1, 0.15) is 5.56 Å². The fourth-order valence-electron chi connectivity index (χ4n) is 2.85. The van der Waals surface area contributed by atoms with Crippen LogP contribution in [0.5, 0.6) is 5.75 Å². The third-order valence-corrected chi connectivity index (χ3v) is 4.24. The monoisotopic (exact) mass is 349 g/mol. The average Bonchev–Trinajstić information content (AvgIpc) is 2.70. The van der Waals surface area contributed by atoms with Crippen LogP contribution in [0.3, 0.4) is 0 Å². The summed E-state index contributed by atoms with van der Waals surface area (Å²) in [6.07, 6.45) is 0. The highest BCUT2D eigenvalue weighted by atomic mass is 16.5. The molecule has 26 heavy (non-hydrogen) atoms. The van der Waals surface area contributed by atoms with Gasteiger partial charge in [-0.05, 0) is 17.0 Å². The summed E-state index contributed by atoms with van der Waals surface area (Å²) in [6.45, 7) is 1.57. The molecule has 0 saturated carbocycles. The Labute approximate surface area is 154 Å². The molecule has 0 spiro atoms. The Morgan fingerprint density at radius 2 is 1.65 bits per heavy atom. The molecule has 4 nitrogen and oxygen atoms in total.